The zero-order valence-corrected chi connectivity index (χ0v) is 11.4. The number of nitrogens with two attached hydrogens (primary N) is 1. The predicted octanol–water partition coefficient (Wildman–Crippen LogP) is 1.10. The first-order valence-corrected chi connectivity index (χ1v) is 6.80. The molecule has 2 unspecified atom stereocenters. The Kier molecular flexibility index (Phi) is 4.22. The van der Waals surface area contributed by atoms with Gasteiger partial charge < -0.3 is 15.7 Å². The Hall–Kier alpha value is -1.39. The van der Waals surface area contributed by atoms with E-state index in [-0.39, 0.29) is 11.8 Å². The second-order valence-electron chi connectivity index (χ2n) is 5.56. The van der Waals surface area contributed by atoms with E-state index in [2.05, 4.69) is 0 Å². The Balaban J connectivity index is 2.13. The molecule has 2 atom stereocenters. The lowest BCUT2D eigenvalue weighted by atomic mass is 9.92. The summed E-state index contributed by atoms with van der Waals surface area (Å²) in [5, 5.41) is 10.1. The van der Waals surface area contributed by atoms with E-state index in [0.29, 0.717) is 19.6 Å². The summed E-state index contributed by atoms with van der Waals surface area (Å²) in [5.74, 6) is -0.288. The van der Waals surface area contributed by atoms with Crippen LogP contribution in [0.15, 0.2) is 30.3 Å². The summed E-state index contributed by atoms with van der Waals surface area (Å²) >= 11 is 0. The Labute approximate surface area is 114 Å². The van der Waals surface area contributed by atoms with Gasteiger partial charge in [0.15, 0.2) is 0 Å². The third-order valence-corrected chi connectivity index (χ3v) is 3.72. The molecule has 2 rings (SSSR count). The number of likely N-dealkylation sites (tertiary alicyclic amines) is 1. The second-order valence-corrected chi connectivity index (χ2v) is 5.56. The summed E-state index contributed by atoms with van der Waals surface area (Å²) in [6, 6.07) is 9.61. The average Bonchev–Trinajstić information content (AvgIpc) is 2.39. The van der Waals surface area contributed by atoms with Crippen LogP contribution in [0.25, 0.3) is 0 Å². The van der Waals surface area contributed by atoms with Crippen LogP contribution in [0.5, 0.6) is 0 Å². The van der Waals surface area contributed by atoms with Crippen LogP contribution in [-0.2, 0) is 4.79 Å². The van der Waals surface area contributed by atoms with Crippen LogP contribution in [0, 0.1) is 0 Å². The lowest BCUT2D eigenvalue weighted by molar-refractivity contribution is -0.138. The van der Waals surface area contributed by atoms with Crippen LogP contribution in [0.4, 0.5) is 0 Å². The van der Waals surface area contributed by atoms with Gasteiger partial charge in [-0.05, 0) is 25.3 Å². The van der Waals surface area contributed by atoms with Crippen molar-refractivity contribution in [3.63, 3.8) is 0 Å². The van der Waals surface area contributed by atoms with Crippen molar-refractivity contribution in [3.8, 4) is 0 Å². The number of hydrogen-bond acceptors (Lipinski definition) is 3. The van der Waals surface area contributed by atoms with E-state index in [1.807, 2.05) is 30.3 Å². The summed E-state index contributed by atoms with van der Waals surface area (Å²) in [6.07, 6.45) is 1.58. The molecule has 1 amide bonds. The number of hydrogen-bond donors (Lipinski definition) is 2. The minimum absolute atomic E-state index is 0.0219. The van der Waals surface area contributed by atoms with Gasteiger partial charge in [-0.25, -0.2) is 0 Å². The fourth-order valence-corrected chi connectivity index (χ4v) is 2.69. The molecular weight excluding hydrogens is 240 g/mol. The van der Waals surface area contributed by atoms with E-state index in [1.165, 1.54) is 0 Å². The molecule has 104 valence electrons. The standard InChI is InChI=1S/C15H22N2O2/c1-15(19)8-5-9-17(11-15)14(18)13(10-16)12-6-3-2-4-7-12/h2-4,6-7,13,19H,5,8-11,16H2,1H3. The molecule has 3 N–H and O–H groups in total. The number of carbonyl (C=O) groups excluding carboxylic acids is 1. The Morgan fingerprint density at radius 1 is 1.47 bits per heavy atom. The van der Waals surface area contributed by atoms with Crippen LogP contribution in [-0.4, -0.2) is 41.1 Å². The number of carbonyl (C=O) groups is 1. The van der Waals surface area contributed by atoms with Crippen LogP contribution in [0.2, 0.25) is 0 Å². The summed E-state index contributed by atoms with van der Waals surface area (Å²) in [4.78, 5) is 14.3. The highest BCUT2D eigenvalue weighted by molar-refractivity contribution is 5.84. The summed E-state index contributed by atoms with van der Waals surface area (Å²) < 4.78 is 0. The lowest BCUT2D eigenvalue weighted by Gasteiger charge is -2.38. The van der Waals surface area contributed by atoms with Crippen molar-refractivity contribution in [1.82, 2.24) is 4.90 Å². The highest BCUT2D eigenvalue weighted by Crippen LogP contribution is 2.24. The molecule has 4 heteroatoms. The fourth-order valence-electron chi connectivity index (χ4n) is 2.69. The first kappa shape index (κ1) is 14.0. The summed E-state index contributed by atoms with van der Waals surface area (Å²) in [5.41, 5.74) is 5.94. The molecule has 1 aromatic carbocycles. The molecule has 1 fully saturated rings. The van der Waals surface area contributed by atoms with Crippen molar-refractivity contribution in [2.45, 2.75) is 31.3 Å². The van der Waals surface area contributed by atoms with E-state index in [1.54, 1.807) is 11.8 Å². The van der Waals surface area contributed by atoms with Crippen molar-refractivity contribution in [2.75, 3.05) is 19.6 Å². The van der Waals surface area contributed by atoms with Gasteiger partial charge >= 0.3 is 0 Å². The van der Waals surface area contributed by atoms with Crippen LogP contribution in [0.3, 0.4) is 0 Å². The van der Waals surface area contributed by atoms with Crippen molar-refractivity contribution in [2.24, 2.45) is 5.73 Å². The second kappa shape index (κ2) is 5.72. The third-order valence-electron chi connectivity index (χ3n) is 3.72. The predicted molar refractivity (Wildman–Crippen MR) is 74.7 cm³/mol. The van der Waals surface area contributed by atoms with Gasteiger partial charge in [-0.1, -0.05) is 30.3 Å². The number of nitrogens with zero attached hydrogens (tertiary/aromatic N) is 1. The van der Waals surface area contributed by atoms with E-state index in [0.717, 1.165) is 18.4 Å². The molecule has 1 aliphatic heterocycles. The van der Waals surface area contributed by atoms with Crippen LogP contribution < -0.4 is 5.73 Å². The maximum absolute atomic E-state index is 12.6. The summed E-state index contributed by atoms with van der Waals surface area (Å²) in [7, 11) is 0. The fraction of sp³-hybridized carbons (Fsp3) is 0.533. The van der Waals surface area contributed by atoms with Gasteiger partial charge in [-0.2, -0.15) is 0 Å². The van der Waals surface area contributed by atoms with Crippen molar-refractivity contribution < 1.29 is 9.90 Å². The van der Waals surface area contributed by atoms with Crippen LogP contribution in [0.1, 0.15) is 31.2 Å². The number of benzene rings is 1. The van der Waals surface area contributed by atoms with Gasteiger partial charge in [-0.15, -0.1) is 0 Å². The lowest BCUT2D eigenvalue weighted by Crippen LogP contribution is -2.50. The van der Waals surface area contributed by atoms with Gasteiger partial charge in [0.1, 0.15) is 0 Å². The minimum Gasteiger partial charge on any atom is -0.388 e. The molecule has 0 aliphatic carbocycles. The molecule has 1 heterocycles. The van der Waals surface area contributed by atoms with Crippen molar-refractivity contribution >= 4 is 5.91 Å². The minimum atomic E-state index is -0.774. The third kappa shape index (κ3) is 3.33. The van der Waals surface area contributed by atoms with Crippen molar-refractivity contribution in [1.29, 1.82) is 0 Å². The van der Waals surface area contributed by atoms with Gasteiger partial charge in [0.2, 0.25) is 5.91 Å². The number of β-amino-alcohol motifs (C(OH)–C–C–N with tert-alkyl or cyclic N) is 1. The molecule has 0 aromatic heterocycles. The SMILES string of the molecule is CC1(O)CCCN(C(=O)C(CN)c2ccccc2)C1. The van der Waals surface area contributed by atoms with E-state index in [9.17, 15) is 9.90 Å². The average molecular weight is 262 g/mol. The molecule has 19 heavy (non-hydrogen) atoms. The zero-order valence-electron chi connectivity index (χ0n) is 11.4. The molecule has 0 spiro atoms. The Morgan fingerprint density at radius 2 is 2.16 bits per heavy atom. The highest BCUT2D eigenvalue weighted by atomic mass is 16.3. The quantitative estimate of drug-likeness (QED) is 0.857. The molecule has 0 radical (unpaired) electrons. The molecular formula is C15H22N2O2. The molecule has 4 nitrogen and oxygen atoms in total. The molecule has 1 saturated heterocycles. The Morgan fingerprint density at radius 3 is 2.74 bits per heavy atom. The molecule has 1 aliphatic rings. The Bertz CT molecular complexity index is 431. The summed E-state index contributed by atoms with van der Waals surface area (Å²) in [6.45, 7) is 3.18. The van der Waals surface area contributed by atoms with E-state index in [4.69, 9.17) is 5.73 Å². The molecule has 0 bridgehead atoms. The van der Waals surface area contributed by atoms with Gasteiger partial charge in [0.05, 0.1) is 11.5 Å². The van der Waals surface area contributed by atoms with Crippen LogP contribution >= 0.6 is 0 Å². The van der Waals surface area contributed by atoms with E-state index < -0.39 is 5.60 Å². The maximum atomic E-state index is 12.6. The smallest absolute Gasteiger partial charge is 0.231 e. The first-order valence-electron chi connectivity index (χ1n) is 6.80. The van der Waals surface area contributed by atoms with Crippen molar-refractivity contribution in [3.05, 3.63) is 35.9 Å². The number of amides is 1. The van der Waals surface area contributed by atoms with Gasteiger partial charge in [0.25, 0.3) is 0 Å². The first-order chi connectivity index (χ1) is 9.03. The van der Waals surface area contributed by atoms with E-state index >= 15 is 0 Å². The largest absolute Gasteiger partial charge is 0.388 e. The number of aliphatic hydroxyl groups is 1. The van der Waals surface area contributed by atoms with Gasteiger partial charge in [-0.3, -0.25) is 4.79 Å². The number of rotatable bonds is 3. The maximum Gasteiger partial charge on any atom is 0.231 e. The molecule has 1 aromatic rings. The zero-order chi connectivity index (χ0) is 13.9. The van der Waals surface area contributed by atoms with Gasteiger partial charge in [0, 0.05) is 19.6 Å². The topological polar surface area (TPSA) is 66.6 Å². The number of piperidine rings is 1. The highest BCUT2D eigenvalue weighted by Gasteiger charge is 2.33. The molecule has 0 saturated carbocycles. The normalized spacial score (nSPS) is 25.1. The monoisotopic (exact) mass is 262 g/mol.